The van der Waals surface area contributed by atoms with Gasteiger partial charge in [-0.15, -0.1) is 0 Å². The van der Waals surface area contributed by atoms with E-state index in [4.69, 9.17) is 4.74 Å². The summed E-state index contributed by atoms with van der Waals surface area (Å²) >= 11 is 3.34. The maximum atomic E-state index is 13.6. The maximum Gasteiger partial charge on any atom is 0.329 e. The zero-order chi connectivity index (χ0) is 25.4. The Morgan fingerprint density at radius 3 is 2.49 bits per heavy atom. The van der Waals surface area contributed by atoms with Gasteiger partial charge in [0.2, 0.25) is 0 Å². The predicted octanol–water partition coefficient (Wildman–Crippen LogP) is 4.31. The number of rotatable bonds is 7. The van der Waals surface area contributed by atoms with Gasteiger partial charge in [-0.25, -0.2) is 9.82 Å². The molecule has 0 aliphatic heterocycles. The van der Waals surface area contributed by atoms with E-state index in [1.165, 1.54) is 24.4 Å². The number of halogens is 2. The minimum absolute atomic E-state index is 0.126. The average molecular weight is 541 g/mol. The number of anilines is 2. The Bertz CT molecular complexity index is 1300. The van der Waals surface area contributed by atoms with E-state index < -0.39 is 17.6 Å². The third kappa shape index (κ3) is 7.21. The van der Waals surface area contributed by atoms with Crippen molar-refractivity contribution in [3.63, 3.8) is 0 Å². The lowest BCUT2D eigenvalue weighted by Crippen LogP contribution is -2.32. The maximum absolute atomic E-state index is 13.6. The second-order valence-electron chi connectivity index (χ2n) is 7.40. The smallest absolute Gasteiger partial charge is 0.329 e. The van der Waals surface area contributed by atoms with E-state index in [1.54, 1.807) is 18.2 Å². The van der Waals surface area contributed by atoms with Gasteiger partial charge in [-0.1, -0.05) is 40.2 Å². The summed E-state index contributed by atoms with van der Waals surface area (Å²) in [6.07, 6.45) is 1.26. The first kappa shape index (κ1) is 25.6. The van der Waals surface area contributed by atoms with Crippen molar-refractivity contribution in [2.45, 2.75) is 13.8 Å². The summed E-state index contributed by atoms with van der Waals surface area (Å²) in [4.78, 5) is 36.3. The van der Waals surface area contributed by atoms with Crippen molar-refractivity contribution in [1.82, 2.24) is 5.43 Å². The number of nitrogens with one attached hydrogen (secondary N) is 3. The van der Waals surface area contributed by atoms with E-state index in [2.05, 4.69) is 37.1 Å². The van der Waals surface area contributed by atoms with Crippen LogP contribution in [0.3, 0.4) is 0 Å². The van der Waals surface area contributed by atoms with Crippen molar-refractivity contribution < 1.29 is 23.5 Å². The van der Waals surface area contributed by atoms with Gasteiger partial charge in [-0.3, -0.25) is 14.4 Å². The van der Waals surface area contributed by atoms with Gasteiger partial charge in [0.1, 0.15) is 11.6 Å². The lowest BCUT2D eigenvalue weighted by atomic mass is 10.1. The number of benzene rings is 3. The summed E-state index contributed by atoms with van der Waals surface area (Å²) in [5.74, 6) is -2.86. The first-order valence-corrected chi connectivity index (χ1v) is 11.2. The van der Waals surface area contributed by atoms with Gasteiger partial charge >= 0.3 is 11.8 Å². The van der Waals surface area contributed by atoms with Gasteiger partial charge in [0.25, 0.3) is 5.91 Å². The number of carbonyl (C=O) groups excluding carboxylic acids is 3. The van der Waals surface area contributed by atoms with Crippen LogP contribution in [0.5, 0.6) is 5.75 Å². The number of hydrazone groups is 1. The fourth-order valence-electron chi connectivity index (χ4n) is 2.92. The van der Waals surface area contributed by atoms with Crippen LogP contribution in [0.4, 0.5) is 15.8 Å². The highest BCUT2D eigenvalue weighted by Gasteiger charge is 2.15. The second-order valence-corrected chi connectivity index (χ2v) is 8.32. The van der Waals surface area contributed by atoms with E-state index in [-0.39, 0.29) is 18.2 Å². The van der Waals surface area contributed by atoms with Crippen molar-refractivity contribution in [1.29, 1.82) is 0 Å². The van der Waals surface area contributed by atoms with Crippen LogP contribution in [-0.4, -0.2) is 30.5 Å². The Morgan fingerprint density at radius 1 is 0.971 bits per heavy atom. The van der Waals surface area contributed by atoms with Gasteiger partial charge in [0.15, 0.2) is 6.61 Å². The monoisotopic (exact) mass is 540 g/mol. The molecule has 0 spiro atoms. The molecule has 3 aromatic rings. The van der Waals surface area contributed by atoms with Crippen molar-refractivity contribution in [3.05, 3.63) is 87.6 Å². The number of nitrogens with zero attached hydrogens (tertiary/aromatic N) is 1. The molecule has 180 valence electrons. The zero-order valence-electron chi connectivity index (χ0n) is 18.9. The van der Waals surface area contributed by atoms with Crippen molar-refractivity contribution >= 4 is 51.2 Å². The van der Waals surface area contributed by atoms with Crippen LogP contribution in [-0.2, 0) is 14.4 Å². The largest absolute Gasteiger partial charge is 0.483 e. The normalized spacial score (nSPS) is 10.6. The summed E-state index contributed by atoms with van der Waals surface area (Å²) in [6, 6.07) is 16.1. The number of para-hydroxylation sites is 1. The van der Waals surface area contributed by atoms with Crippen LogP contribution in [0, 0.1) is 19.7 Å². The summed E-state index contributed by atoms with van der Waals surface area (Å²) in [5.41, 5.74) is 5.11. The van der Waals surface area contributed by atoms with E-state index in [1.807, 2.05) is 32.0 Å². The molecule has 0 bridgehead atoms. The Labute approximate surface area is 209 Å². The fraction of sp³-hybridized carbons (Fsp3) is 0.120. The van der Waals surface area contributed by atoms with Gasteiger partial charge in [-0.05, 0) is 61.4 Å². The van der Waals surface area contributed by atoms with Gasteiger partial charge in [-0.2, -0.15) is 5.10 Å². The van der Waals surface area contributed by atoms with Gasteiger partial charge < -0.3 is 15.4 Å². The number of hydrogen-bond acceptors (Lipinski definition) is 5. The quantitative estimate of drug-likeness (QED) is 0.235. The molecular weight excluding hydrogens is 519 g/mol. The molecule has 10 heteroatoms. The van der Waals surface area contributed by atoms with Crippen LogP contribution in [0.2, 0.25) is 0 Å². The number of aryl methyl sites for hydroxylation is 1. The molecule has 3 rings (SSSR count). The van der Waals surface area contributed by atoms with Gasteiger partial charge in [0, 0.05) is 15.7 Å². The SMILES string of the molecule is Cc1cccc(NC(=O)COc2ccc(Br)cc2/C=N\NC(=O)C(=O)Nc2ccccc2F)c1C. The minimum Gasteiger partial charge on any atom is -0.483 e. The molecule has 0 fully saturated rings. The molecule has 3 aromatic carbocycles. The van der Waals surface area contributed by atoms with Crippen LogP contribution < -0.4 is 20.8 Å². The van der Waals surface area contributed by atoms with Gasteiger partial charge in [0.05, 0.1) is 11.9 Å². The molecule has 0 aliphatic carbocycles. The molecular formula is C25H22BrFN4O4. The number of ether oxygens (including phenoxy) is 1. The molecule has 0 saturated heterocycles. The molecule has 35 heavy (non-hydrogen) atoms. The summed E-state index contributed by atoms with van der Waals surface area (Å²) in [6.45, 7) is 3.62. The highest BCUT2D eigenvalue weighted by atomic mass is 79.9. The molecule has 0 unspecified atom stereocenters. The minimum atomic E-state index is -1.09. The number of hydrogen-bond donors (Lipinski definition) is 3. The molecule has 0 radical (unpaired) electrons. The zero-order valence-corrected chi connectivity index (χ0v) is 20.5. The first-order chi connectivity index (χ1) is 16.7. The second kappa shape index (κ2) is 11.9. The Balaban J connectivity index is 1.60. The van der Waals surface area contributed by atoms with Crippen LogP contribution >= 0.6 is 15.9 Å². The van der Waals surface area contributed by atoms with Crippen LogP contribution in [0.25, 0.3) is 0 Å². The van der Waals surface area contributed by atoms with E-state index >= 15 is 0 Å². The number of carbonyl (C=O) groups is 3. The highest BCUT2D eigenvalue weighted by Crippen LogP contribution is 2.22. The average Bonchev–Trinajstić information content (AvgIpc) is 2.83. The fourth-order valence-corrected chi connectivity index (χ4v) is 3.30. The molecule has 8 nitrogen and oxygen atoms in total. The standard InChI is InChI=1S/C25H22BrFN4O4/c1-15-6-5-9-20(16(15)2)29-23(32)14-35-22-11-10-18(26)12-17(22)13-28-31-25(34)24(33)30-21-8-4-3-7-19(21)27/h3-13H,14H2,1-2H3,(H,29,32)(H,30,33)(H,31,34)/b28-13-. The van der Waals surface area contributed by atoms with E-state index in [9.17, 15) is 18.8 Å². The molecule has 0 saturated carbocycles. The molecule has 0 aromatic heterocycles. The van der Waals surface area contributed by atoms with E-state index in [0.717, 1.165) is 17.2 Å². The Hall–Kier alpha value is -4.05. The predicted molar refractivity (Wildman–Crippen MR) is 135 cm³/mol. The van der Waals surface area contributed by atoms with Crippen molar-refractivity contribution in [2.24, 2.45) is 5.10 Å². The lowest BCUT2D eigenvalue weighted by Gasteiger charge is -2.12. The van der Waals surface area contributed by atoms with E-state index in [0.29, 0.717) is 21.5 Å². The topological polar surface area (TPSA) is 109 Å². The van der Waals surface area contributed by atoms with Crippen LogP contribution in [0.15, 0.2) is 70.2 Å². The molecule has 0 heterocycles. The van der Waals surface area contributed by atoms with Crippen LogP contribution in [0.1, 0.15) is 16.7 Å². The lowest BCUT2D eigenvalue weighted by molar-refractivity contribution is -0.136. The Kier molecular flexibility index (Phi) is 8.69. The highest BCUT2D eigenvalue weighted by molar-refractivity contribution is 9.10. The summed E-state index contributed by atoms with van der Waals surface area (Å²) in [5, 5.41) is 8.74. The first-order valence-electron chi connectivity index (χ1n) is 10.4. The summed E-state index contributed by atoms with van der Waals surface area (Å²) < 4.78 is 20.0. The third-order valence-electron chi connectivity index (χ3n) is 4.91. The Morgan fingerprint density at radius 2 is 1.71 bits per heavy atom. The molecule has 3 amide bonds. The molecule has 3 N–H and O–H groups in total. The number of amides is 3. The molecule has 0 atom stereocenters. The summed E-state index contributed by atoms with van der Waals surface area (Å²) in [7, 11) is 0. The molecule has 0 aliphatic rings. The third-order valence-corrected chi connectivity index (χ3v) is 5.40. The van der Waals surface area contributed by atoms with Crippen molar-refractivity contribution in [2.75, 3.05) is 17.2 Å². The van der Waals surface area contributed by atoms with Crippen molar-refractivity contribution in [3.8, 4) is 5.75 Å².